The molecule has 0 amide bonds. The Bertz CT molecular complexity index is 652. The minimum atomic E-state index is -0.350. The molecule has 78 valence electrons. The largest absolute Gasteiger partial charge is 0.331 e. The summed E-state index contributed by atoms with van der Waals surface area (Å²) in [6.07, 6.45) is 0. The predicted molar refractivity (Wildman–Crippen MR) is 57.0 cm³/mol. The topological polar surface area (TPSA) is 56.9 Å². The van der Waals surface area contributed by atoms with E-state index in [2.05, 4.69) is 4.98 Å². The highest BCUT2D eigenvalue weighted by atomic mass is 16.2. The maximum atomic E-state index is 11.7. The summed E-state index contributed by atoms with van der Waals surface area (Å²) in [5.41, 5.74) is 0.974. The third kappa shape index (κ3) is 1.27. The second-order valence-electron chi connectivity index (χ2n) is 3.53. The Hall–Kier alpha value is -1.91. The van der Waals surface area contributed by atoms with Crippen molar-refractivity contribution < 1.29 is 0 Å². The van der Waals surface area contributed by atoms with E-state index in [-0.39, 0.29) is 11.2 Å². The van der Waals surface area contributed by atoms with Crippen molar-refractivity contribution in [2.24, 2.45) is 14.1 Å². The minimum absolute atomic E-state index is 0.333. The first-order valence-electron chi connectivity index (χ1n) is 4.55. The van der Waals surface area contributed by atoms with Crippen molar-refractivity contribution in [2.45, 2.75) is 6.92 Å². The number of hydrogen-bond donors (Lipinski definition) is 0. The fourth-order valence-corrected chi connectivity index (χ4v) is 1.55. The van der Waals surface area contributed by atoms with Crippen LogP contribution >= 0.6 is 0 Å². The monoisotopic (exact) mass is 205 g/mol. The van der Waals surface area contributed by atoms with Gasteiger partial charge >= 0.3 is 5.69 Å². The number of aromatic nitrogens is 3. The third-order valence-electron chi connectivity index (χ3n) is 2.46. The smallest absolute Gasteiger partial charge is 0.295 e. The van der Waals surface area contributed by atoms with Gasteiger partial charge in [0.1, 0.15) is 0 Å². The molecule has 5 nitrogen and oxygen atoms in total. The second kappa shape index (κ2) is 3.05. The Morgan fingerprint density at radius 1 is 1.13 bits per heavy atom. The van der Waals surface area contributed by atoms with Gasteiger partial charge in [0.2, 0.25) is 0 Å². The van der Waals surface area contributed by atoms with E-state index in [1.54, 1.807) is 19.2 Å². The van der Waals surface area contributed by atoms with Gasteiger partial charge in [0.05, 0.1) is 5.52 Å². The molecule has 2 aromatic heterocycles. The van der Waals surface area contributed by atoms with E-state index in [0.29, 0.717) is 11.0 Å². The van der Waals surface area contributed by atoms with Gasteiger partial charge in [-0.25, -0.2) is 9.78 Å². The highest BCUT2D eigenvalue weighted by molar-refractivity contribution is 5.73. The molecule has 2 aromatic rings. The summed E-state index contributed by atoms with van der Waals surface area (Å²) >= 11 is 0. The molecule has 5 heteroatoms. The van der Waals surface area contributed by atoms with Crippen LogP contribution in [0, 0.1) is 6.92 Å². The molecule has 0 aliphatic rings. The average molecular weight is 205 g/mol. The van der Waals surface area contributed by atoms with E-state index in [1.807, 2.05) is 6.92 Å². The molecule has 2 heterocycles. The van der Waals surface area contributed by atoms with Crippen molar-refractivity contribution in [3.8, 4) is 0 Å². The van der Waals surface area contributed by atoms with Crippen molar-refractivity contribution in [1.29, 1.82) is 0 Å². The number of hydrogen-bond acceptors (Lipinski definition) is 3. The summed E-state index contributed by atoms with van der Waals surface area (Å²) in [6.45, 7) is 1.81. The van der Waals surface area contributed by atoms with Crippen molar-refractivity contribution in [3.63, 3.8) is 0 Å². The SMILES string of the molecule is Cc1ccc2c(n1)c(=O)n(C)c(=O)n2C. The molecule has 2 rings (SSSR count). The Morgan fingerprint density at radius 3 is 2.47 bits per heavy atom. The standard InChI is InChI=1S/C10H11N3O2/c1-6-4-5-7-8(11-6)9(14)13(3)10(15)12(7)2/h4-5H,1-3H3. The normalized spacial score (nSPS) is 10.9. The van der Waals surface area contributed by atoms with Gasteiger partial charge < -0.3 is 0 Å². The van der Waals surface area contributed by atoms with Crippen molar-refractivity contribution in [2.75, 3.05) is 0 Å². The predicted octanol–water partition coefficient (Wildman–Crippen LogP) is -0.0594. The quantitative estimate of drug-likeness (QED) is 0.605. The first kappa shape index (κ1) is 9.64. The number of aryl methyl sites for hydroxylation is 2. The summed E-state index contributed by atoms with van der Waals surface area (Å²) in [6, 6.07) is 3.52. The van der Waals surface area contributed by atoms with E-state index < -0.39 is 0 Å². The van der Waals surface area contributed by atoms with Gasteiger partial charge in [-0.1, -0.05) is 0 Å². The molecule has 0 aliphatic carbocycles. The van der Waals surface area contributed by atoms with Crippen molar-refractivity contribution in [1.82, 2.24) is 14.1 Å². The van der Waals surface area contributed by atoms with Gasteiger partial charge in [0.15, 0.2) is 5.52 Å². The average Bonchev–Trinajstić information content (AvgIpc) is 2.23. The molecule has 0 aliphatic heterocycles. The maximum Gasteiger partial charge on any atom is 0.331 e. The van der Waals surface area contributed by atoms with E-state index >= 15 is 0 Å². The van der Waals surface area contributed by atoms with Crippen LogP contribution in [0.5, 0.6) is 0 Å². The molecule has 0 saturated carbocycles. The molecule has 0 radical (unpaired) electrons. The van der Waals surface area contributed by atoms with Gasteiger partial charge in [-0.2, -0.15) is 0 Å². The van der Waals surface area contributed by atoms with Gasteiger partial charge in [-0.05, 0) is 19.1 Å². The second-order valence-corrected chi connectivity index (χ2v) is 3.53. The number of nitrogens with zero attached hydrogens (tertiary/aromatic N) is 3. The molecule has 0 atom stereocenters. The molecule has 0 N–H and O–H groups in total. The highest BCUT2D eigenvalue weighted by Gasteiger charge is 2.08. The molecule has 0 aromatic carbocycles. The maximum absolute atomic E-state index is 11.7. The van der Waals surface area contributed by atoms with Crippen molar-refractivity contribution >= 4 is 11.0 Å². The van der Waals surface area contributed by atoms with Crippen LogP contribution < -0.4 is 11.2 Å². The zero-order valence-corrected chi connectivity index (χ0v) is 8.81. The van der Waals surface area contributed by atoms with Crippen LogP contribution in [0.15, 0.2) is 21.7 Å². The van der Waals surface area contributed by atoms with Crippen LogP contribution in [-0.2, 0) is 14.1 Å². The van der Waals surface area contributed by atoms with E-state index in [4.69, 9.17) is 0 Å². The lowest BCUT2D eigenvalue weighted by Crippen LogP contribution is -2.37. The van der Waals surface area contributed by atoms with E-state index in [9.17, 15) is 9.59 Å². The lowest BCUT2D eigenvalue weighted by Gasteiger charge is -2.06. The molecule has 15 heavy (non-hydrogen) atoms. The Labute approximate surface area is 85.6 Å². The molecular formula is C10H11N3O2. The summed E-state index contributed by atoms with van der Waals surface area (Å²) in [5, 5.41) is 0. The highest BCUT2D eigenvalue weighted by Crippen LogP contribution is 2.04. The van der Waals surface area contributed by atoms with Crippen LogP contribution in [0.3, 0.4) is 0 Å². The van der Waals surface area contributed by atoms with Crippen LogP contribution in [0.25, 0.3) is 11.0 Å². The lowest BCUT2D eigenvalue weighted by molar-refractivity contribution is 0.710. The fourth-order valence-electron chi connectivity index (χ4n) is 1.55. The van der Waals surface area contributed by atoms with Crippen molar-refractivity contribution in [3.05, 3.63) is 38.7 Å². The molecule has 0 spiro atoms. The zero-order valence-electron chi connectivity index (χ0n) is 8.81. The van der Waals surface area contributed by atoms with Gasteiger partial charge in [0.25, 0.3) is 5.56 Å². The zero-order chi connectivity index (χ0) is 11.2. The molecular weight excluding hydrogens is 194 g/mol. The molecule has 0 unspecified atom stereocenters. The minimum Gasteiger partial charge on any atom is -0.295 e. The van der Waals surface area contributed by atoms with Crippen LogP contribution in [0.1, 0.15) is 5.69 Å². The summed E-state index contributed by atoms with van der Waals surface area (Å²) < 4.78 is 2.48. The number of pyridine rings is 1. The van der Waals surface area contributed by atoms with Crippen LogP contribution in [-0.4, -0.2) is 14.1 Å². The third-order valence-corrected chi connectivity index (χ3v) is 2.46. The summed E-state index contributed by atoms with van der Waals surface area (Å²) in [7, 11) is 3.08. The Morgan fingerprint density at radius 2 is 1.80 bits per heavy atom. The van der Waals surface area contributed by atoms with Crippen LogP contribution in [0.2, 0.25) is 0 Å². The van der Waals surface area contributed by atoms with Gasteiger partial charge in [-0.15, -0.1) is 0 Å². The Kier molecular flexibility index (Phi) is 1.96. The Balaban J connectivity index is 3.15. The fraction of sp³-hybridized carbons (Fsp3) is 0.300. The molecule has 0 saturated heterocycles. The molecule has 0 fully saturated rings. The first-order chi connectivity index (χ1) is 7.02. The number of rotatable bonds is 0. The van der Waals surface area contributed by atoms with E-state index in [0.717, 1.165) is 10.3 Å². The first-order valence-corrected chi connectivity index (χ1v) is 4.55. The summed E-state index contributed by atoms with van der Waals surface area (Å²) in [4.78, 5) is 27.5. The van der Waals surface area contributed by atoms with Gasteiger partial charge in [-0.3, -0.25) is 13.9 Å². The lowest BCUT2D eigenvalue weighted by atomic mass is 10.3. The summed E-state index contributed by atoms with van der Waals surface area (Å²) in [5.74, 6) is 0. The van der Waals surface area contributed by atoms with E-state index in [1.165, 1.54) is 11.6 Å². The van der Waals surface area contributed by atoms with Crippen LogP contribution in [0.4, 0.5) is 0 Å². The van der Waals surface area contributed by atoms with Gasteiger partial charge in [0, 0.05) is 19.8 Å². The molecule has 0 bridgehead atoms. The number of fused-ring (bicyclic) bond motifs is 1.